The first kappa shape index (κ1) is 10.3. The van der Waals surface area contributed by atoms with E-state index in [1.807, 2.05) is 43.5 Å². The molecular weight excluding hydrogens is 234 g/mol. The van der Waals surface area contributed by atoms with Gasteiger partial charge < -0.3 is 4.98 Å². The zero-order valence-corrected chi connectivity index (χ0v) is 9.99. The number of H-pyrrole nitrogens is 1. The lowest BCUT2D eigenvalue weighted by atomic mass is 10.2. The Morgan fingerprint density at radius 1 is 1.12 bits per heavy atom. The van der Waals surface area contributed by atoms with Crippen molar-refractivity contribution >= 4 is 22.6 Å². The Morgan fingerprint density at radius 3 is 2.65 bits per heavy atom. The van der Waals surface area contributed by atoms with E-state index in [1.165, 1.54) is 0 Å². The molecule has 0 bridgehead atoms. The molecule has 17 heavy (non-hydrogen) atoms. The fourth-order valence-corrected chi connectivity index (χ4v) is 2.17. The number of halogens is 1. The van der Waals surface area contributed by atoms with Crippen molar-refractivity contribution in [3.63, 3.8) is 0 Å². The van der Waals surface area contributed by atoms with Crippen LogP contribution in [-0.4, -0.2) is 15.0 Å². The number of benzene rings is 1. The standard InChI is InChI=1S/C13H10ClN3/c1-8-7-15-13-10(8)11(14)16-12(17-13)9-5-3-2-4-6-9/h2-7H,1H3,(H,15,16,17). The summed E-state index contributed by atoms with van der Waals surface area (Å²) in [6, 6.07) is 9.80. The summed E-state index contributed by atoms with van der Waals surface area (Å²) in [4.78, 5) is 11.9. The maximum Gasteiger partial charge on any atom is 0.163 e. The molecule has 0 saturated carbocycles. The molecule has 0 aliphatic heterocycles. The van der Waals surface area contributed by atoms with E-state index >= 15 is 0 Å². The quantitative estimate of drug-likeness (QED) is 0.664. The van der Waals surface area contributed by atoms with Crippen molar-refractivity contribution in [2.45, 2.75) is 6.92 Å². The Balaban J connectivity index is 2.26. The van der Waals surface area contributed by atoms with Gasteiger partial charge >= 0.3 is 0 Å². The second kappa shape index (κ2) is 3.86. The first-order valence-corrected chi connectivity index (χ1v) is 5.70. The van der Waals surface area contributed by atoms with Crippen LogP contribution >= 0.6 is 11.6 Å². The summed E-state index contributed by atoms with van der Waals surface area (Å²) >= 11 is 6.19. The van der Waals surface area contributed by atoms with Gasteiger partial charge in [0, 0.05) is 11.8 Å². The number of aromatic amines is 1. The average molecular weight is 244 g/mol. The van der Waals surface area contributed by atoms with Gasteiger partial charge in [-0.25, -0.2) is 9.97 Å². The van der Waals surface area contributed by atoms with Crippen LogP contribution in [0.3, 0.4) is 0 Å². The first-order valence-electron chi connectivity index (χ1n) is 5.32. The van der Waals surface area contributed by atoms with Gasteiger partial charge in [-0.1, -0.05) is 41.9 Å². The summed E-state index contributed by atoms with van der Waals surface area (Å²) in [7, 11) is 0. The second-order valence-corrected chi connectivity index (χ2v) is 4.26. The third-order valence-electron chi connectivity index (χ3n) is 2.72. The zero-order chi connectivity index (χ0) is 11.8. The number of nitrogens with zero attached hydrogens (tertiary/aromatic N) is 2. The van der Waals surface area contributed by atoms with Crippen LogP contribution in [0.5, 0.6) is 0 Å². The van der Waals surface area contributed by atoms with Crippen LogP contribution in [0.15, 0.2) is 36.5 Å². The normalized spacial score (nSPS) is 10.9. The molecule has 0 fully saturated rings. The highest BCUT2D eigenvalue weighted by Crippen LogP contribution is 2.26. The molecule has 0 amide bonds. The number of hydrogen-bond donors (Lipinski definition) is 1. The van der Waals surface area contributed by atoms with E-state index in [0.717, 1.165) is 22.2 Å². The topological polar surface area (TPSA) is 41.6 Å². The Kier molecular flexibility index (Phi) is 2.34. The number of fused-ring (bicyclic) bond motifs is 1. The minimum atomic E-state index is 0.493. The summed E-state index contributed by atoms with van der Waals surface area (Å²) in [6.45, 7) is 1.98. The number of hydrogen-bond acceptors (Lipinski definition) is 2. The van der Waals surface area contributed by atoms with Crippen LogP contribution in [-0.2, 0) is 0 Å². The van der Waals surface area contributed by atoms with E-state index in [-0.39, 0.29) is 0 Å². The average Bonchev–Trinajstić information content (AvgIpc) is 2.73. The van der Waals surface area contributed by atoms with E-state index < -0.39 is 0 Å². The molecule has 0 spiro atoms. The molecule has 3 nitrogen and oxygen atoms in total. The van der Waals surface area contributed by atoms with Crippen molar-refractivity contribution in [2.24, 2.45) is 0 Å². The molecule has 0 aliphatic rings. The van der Waals surface area contributed by atoms with Gasteiger partial charge in [0.2, 0.25) is 0 Å². The molecule has 1 N–H and O–H groups in total. The smallest absolute Gasteiger partial charge is 0.163 e. The summed E-state index contributed by atoms with van der Waals surface area (Å²) < 4.78 is 0. The molecule has 4 heteroatoms. The first-order chi connectivity index (χ1) is 8.25. The highest BCUT2D eigenvalue weighted by atomic mass is 35.5. The van der Waals surface area contributed by atoms with Crippen molar-refractivity contribution in [3.05, 3.63) is 47.2 Å². The molecular formula is C13H10ClN3. The number of aryl methyl sites for hydroxylation is 1. The second-order valence-electron chi connectivity index (χ2n) is 3.90. The lowest BCUT2D eigenvalue weighted by Crippen LogP contribution is -1.91. The van der Waals surface area contributed by atoms with Crippen molar-refractivity contribution in [2.75, 3.05) is 0 Å². The van der Waals surface area contributed by atoms with Crippen LogP contribution in [0.2, 0.25) is 5.15 Å². The van der Waals surface area contributed by atoms with Gasteiger partial charge in [-0.05, 0) is 12.5 Å². The fraction of sp³-hybridized carbons (Fsp3) is 0.0769. The molecule has 3 aromatic rings. The van der Waals surface area contributed by atoms with Gasteiger partial charge in [0.25, 0.3) is 0 Å². The van der Waals surface area contributed by atoms with Crippen LogP contribution in [0.4, 0.5) is 0 Å². The molecule has 2 heterocycles. The van der Waals surface area contributed by atoms with Gasteiger partial charge in [0.15, 0.2) is 5.82 Å². The molecule has 3 rings (SSSR count). The van der Waals surface area contributed by atoms with E-state index in [9.17, 15) is 0 Å². The summed E-state index contributed by atoms with van der Waals surface area (Å²) in [5.41, 5.74) is 2.80. The minimum Gasteiger partial charge on any atom is -0.346 e. The summed E-state index contributed by atoms with van der Waals surface area (Å²) in [6.07, 6.45) is 1.89. The lowest BCUT2D eigenvalue weighted by Gasteiger charge is -2.01. The van der Waals surface area contributed by atoms with E-state index in [0.29, 0.717) is 11.0 Å². The highest BCUT2D eigenvalue weighted by molar-refractivity contribution is 6.34. The van der Waals surface area contributed by atoms with E-state index in [4.69, 9.17) is 11.6 Å². The molecule has 0 saturated heterocycles. The predicted molar refractivity (Wildman–Crippen MR) is 69.1 cm³/mol. The Hall–Kier alpha value is -1.87. The maximum absolute atomic E-state index is 6.19. The largest absolute Gasteiger partial charge is 0.346 e. The summed E-state index contributed by atoms with van der Waals surface area (Å²) in [5, 5.41) is 1.39. The predicted octanol–water partition coefficient (Wildman–Crippen LogP) is 3.59. The van der Waals surface area contributed by atoms with Crippen molar-refractivity contribution in [1.82, 2.24) is 15.0 Å². The lowest BCUT2D eigenvalue weighted by molar-refractivity contribution is 1.21. The van der Waals surface area contributed by atoms with E-state index in [2.05, 4.69) is 15.0 Å². The van der Waals surface area contributed by atoms with Crippen LogP contribution < -0.4 is 0 Å². The Morgan fingerprint density at radius 2 is 1.88 bits per heavy atom. The zero-order valence-electron chi connectivity index (χ0n) is 9.24. The number of aromatic nitrogens is 3. The molecule has 0 aliphatic carbocycles. The molecule has 0 radical (unpaired) electrons. The van der Waals surface area contributed by atoms with Gasteiger partial charge in [-0.3, -0.25) is 0 Å². The van der Waals surface area contributed by atoms with Gasteiger partial charge in [-0.2, -0.15) is 0 Å². The molecule has 84 valence electrons. The van der Waals surface area contributed by atoms with Crippen molar-refractivity contribution in [1.29, 1.82) is 0 Å². The Bertz CT molecular complexity index is 674. The highest BCUT2D eigenvalue weighted by Gasteiger charge is 2.10. The van der Waals surface area contributed by atoms with Crippen LogP contribution in [0.1, 0.15) is 5.56 Å². The third kappa shape index (κ3) is 1.68. The Labute approximate surface area is 103 Å². The number of rotatable bonds is 1. The van der Waals surface area contributed by atoms with Gasteiger partial charge in [-0.15, -0.1) is 0 Å². The fourth-order valence-electron chi connectivity index (χ4n) is 1.85. The van der Waals surface area contributed by atoms with E-state index in [1.54, 1.807) is 0 Å². The SMILES string of the molecule is Cc1c[nH]c2nc(-c3ccccc3)nc(Cl)c12. The van der Waals surface area contributed by atoms with Gasteiger partial charge in [0.05, 0.1) is 5.39 Å². The molecule has 2 aromatic heterocycles. The van der Waals surface area contributed by atoms with Crippen LogP contribution in [0, 0.1) is 6.92 Å². The van der Waals surface area contributed by atoms with Gasteiger partial charge in [0.1, 0.15) is 10.8 Å². The summed E-state index contributed by atoms with van der Waals surface area (Å²) in [5.74, 6) is 0.643. The molecule has 0 atom stereocenters. The maximum atomic E-state index is 6.19. The van der Waals surface area contributed by atoms with Crippen molar-refractivity contribution in [3.8, 4) is 11.4 Å². The third-order valence-corrected chi connectivity index (χ3v) is 2.99. The molecule has 1 aromatic carbocycles. The molecule has 0 unspecified atom stereocenters. The monoisotopic (exact) mass is 243 g/mol. The van der Waals surface area contributed by atoms with Crippen molar-refractivity contribution < 1.29 is 0 Å². The minimum absolute atomic E-state index is 0.493. The van der Waals surface area contributed by atoms with Crippen LogP contribution in [0.25, 0.3) is 22.4 Å². The number of nitrogens with one attached hydrogen (secondary N) is 1.